The fourth-order valence-corrected chi connectivity index (χ4v) is 5.63. The van der Waals surface area contributed by atoms with E-state index in [1.54, 1.807) is 4.90 Å². The smallest absolute Gasteiger partial charge is 0.236 e. The fraction of sp³-hybridized carbons (Fsp3) is 0.654. The first kappa shape index (κ1) is 23.3. The largest absolute Gasteiger partial charge is 0.493 e. The standard InChI is InChI=1S/C26H37N5O3/c1-18(2)24-27-28-25(34-24)21-14-26(17-31(21)16-23(32)29(3)4)8-10-30(11-9-26)15-19-5-6-22-20(13-19)7-12-33-22/h5-6,13,18,21H,7-12,14-17H2,1-4H3. The summed E-state index contributed by atoms with van der Waals surface area (Å²) in [5.41, 5.74) is 2.90. The van der Waals surface area contributed by atoms with E-state index in [1.165, 1.54) is 11.1 Å². The molecule has 4 heterocycles. The van der Waals surface area contributed by atoms with Gasteiger partial charge in [-0.15, -0.1) is 10.2 Å². The first-order valence-electron chi connectivity index (χ1n) is 12.6. The first-order chi connectivity index (χ1) is 16.3. The number of likely N-dealkylation sites (tertiary alicyclic amines) is 2. The van der Waals surface area contributed by atoms with E-state index in [0.29, 0.717) is 18.3 Å². The van der Waals surface area contributed by atoms with Crippen molar-refractivity contribution in [3.8, 4) is 5.75 Å². The highest BCUT2D eigenvalue weighted by Crippen LogP contribution is 2.49. The van der Waals surface area contributed by atoms with E-state index in [-0.39, 0.29) is 23.3 Å². The van der Waals surface area contributed by atoms with Crippen LogP contribution < -0.4 is 4.74 Å². The number of nitrogens with zero attached hydrogens (tertiary/aromatic N) is 5. The molecule has 0 saturated carbocycles. The quantitative estimate of drug-likeness (QED) is 0.646. The van der Waals surface area contributed by atoms with Crippen LogP contribution in [0.3, 0.4) is 0 Å². The Morgan fingerprint density at radius 3 is 2.74 bits per heavy atom. The van der Waals surface area contributed by atoms with Crippen molar-refractivity contribution in [3.05, 3.63) is 41.1 Å². The molecule has 8 heteroatoms. The van der Waals surface area contributed by atoms with E-state index >= 15 is 0 Å². The Morgan fingerprint density at radius 1 is 1.24 bits per heavy atom. The molecule has 1 aromatic heterocycles. The van der Waals surface area contributed by atoms with Crippen molar-refractivity contribution in [1.29, 1.82) is 0 Å². The number of amides is 1. The molecular weight excluding hydrogens is 430 g/mol. The molecule has 1 aromatic carbocycles. The number of hydrogen-bond acceptors (Lipinski definition) is 7. The molecule has 0 bridgehead atoms. The summed E-state index contributed by atoms with van der Waals surface area (Å²) in [6, 6.07) is 6.65. The van der Waals surface area contributed by atoms with E-state index in [1.807, 2.05) is 14.1 Å². The molecule has 0 N–H and O–H groups in total. The molecular formula is C26H37N5O3. The van der Waals surface area contributed by atoms with Crippen LogP contribution in [0.15, 0.2) is 22.6 Å². The topological polar surface area (TPSA) is 74.9 Å². The second-order valence-electron chi connectivity index (χ2n) is 10.9. The molecule has 2 aromatic rings. The van der Waals surface area contributed by atoms with Crippen LogP contribution in [-0.2, 0) is 17.8 Å². The SMILES string of the molecule is CC(C)c1nnc(C2CC3(CCN(Cc4ccc5c(c4)CCO5)CC3)CN2CC(=O)N(C)C)o1. The summed E-state index contributed by atoms with van der Waals surface area (Å²) in [7, 11) is 3.63. The summed E-state index contributed by atoms with van der Waals surface area (Å²) in [6.45, 7) is 9.33. The molecule has 2 saturated heterocycles. The lowest BCUT2D eigenvalue weighted by Gasteiger charge is -2.39. The van der Waals surface area contributed by atoms with E-state index in [9.17, 15) is 4.79 Å². The highest BCUT2D eigenvalue weighted by atomic mass is 16.5. The summed E-state index contributed by atoms with van der Waals surface area (Å²) in [5.74, 6) is 2.69. The van der Waals surface area contributed by atoms with Gasteiger partial charge < -0.3 is 14.1 Å². The minimum Gasteiger partial charge on any atom is -0.493 e. The van der Waals surface area contributed by atoms with Gasteiger partial charge in [0.1, 0.15) is 5.75 Å². The van der Waals surface area contributed by atoms with Gasteiger partial charge in [-0.1, -0.05) is 26.0 Å². The lowest BCUT2D eigenvalue weighted by molar-refractivity contribution is -0.130. The molecule has 1 unspecified atom stereocenters. The first-order valence-corrected chi connectivity index (χ1v) is 12.6. The van der Waals surface area contributed by atoms with Crippen LogP contribution in [0, 0.1) is 5.41 Å². The van der Waals surface area contributed by atoms with E-state index in [2.05, 4.69) is 52.0 Å². The molecule has 0 aliphatic carbocycles. The van der Waals surface area contributed by atoms with Gasteiger partial charge in [-0.25, -0.2) is 0 Å². The third-order valence-electron chi connectivity index (χ3n) is 7.75. The van der Waals surface area contributed by atoms with Crippen molar-refractivity contribution in [2.75, 3.05) is 46.9 Å². The number of hydrogen-bond donors (Lipinski definition) is 0. The van der Waals surface area contributed by atoms with Gasteiger partial charge in [0.25, 0.3) is 0 Å². The van der Waals surface area contributed by atoms with Crippen LogP contribution in [0.1, 0.15) is 68.0 Å². The monoisotopic (exact) mass is 467 g/mol. The number of aromatic nitrogens is 2. The van der Waals surface area contributed by atoms with Crippen LogP contribution in [0.4, 0.5) is 0 Å². The van der Waals surface area contributed by atoms with E-state index < -0.39 is 0 Å². The number of rotatable bonds is 6. The van der Waals surface area contributed by atoms with Crippen LogP contribution in [0.5, 0.6) is 5.75 Å². The van der Waals surface area contributed by atoms with Gasteiger partial charge >= 0.3 is 0 Å². The number of fused-ring (bicyclic) bond motifs is 1. The molecule has 34 heavy (non-hydrogen) atoms. The second kappa shape index (κ2) is 9.30. The molecule has 3 aliphatic heterocycles. The van der Waals surface area contributed by atoms with E-state index in [0.717, 1.165) is 64.2 Å². The predicted octanol–water partition coefficient (Wildman–Crippen LogP) is 3.25. The second-order valence-corrected chi connectivity index (χ2v) is 10.9. The molecule has 2 fully saturated rings. The average molecular weight is 468 g/mol. The van der Waals surface area contributed by atoms with Crippen molar-refractivity contribution in [2.24, 2.45) is 5.41 Å². The Morgan fingerprint density at radius 2 is 2.03 bits per heavy atom. The minimum atomic E-state index is 0.00663. The van der Waals surface area contributed by atoms with Crippen LogP contribution in [-0.4, -0.2) is 77.7 Å². The highest BCUT2D eigenvalue weighted by Gasteiger charge is 2.48. The third-order valence-corrected chi connectivity index (χ3v) is 7.75. The fourth-order valence-electron chi connectivity index (χ4n) is 5.63. The average Bonchev–Trinajstić information content (AvgIpc) is 3.54. The maximum absolute atomic E-state index is 12.6. The highest BCUT2D eigenvalue weighted by molar-refractivity contribution is 5.77. The Kier molecular flexibility index (Phi) is 6.37. The van der Waals surface area contributed by atoms with Gasteiger partial charge in [0.05, 0.1) is 19.2 Å². The molecule has 1 spiro atoms. The molecule has 0 radical (unpaired) electrons. The van der Waals surface area contributed by atoms with Crippen molar-refractivity contribution < 1.29 is 13.9 Å². The van der Waals surface area contributed by atoms with Gasteiger partial charge in [-0.2, -0.15) is 0 Å². The van der Waals surface area contributed by atoms with Crippen LogP contribution in [0.25, 0.3) is 0 Å². The lowest BCUT2D eigenvalue weighted by Crippen LogP contribution is -2.42. The molecule has 5 rings (SSSR count). The van der Waals surface area contributed by atoms with Gasteiger partial charge in [0, 0.05) is 39.5 Å². The number of piperidine rings is 1. The van der Waals surface area contributed by atoms with Gasteiger partial charge in [0.2, 0.25) is 17.7 Å². The zero-order chi connectivity index (χ0) is 23.9. The Bertz CT molecular complexity index is 1030. The van der Waals surface area contributed by atoms with Gasteiger partial charge in [0.15, 0.2) is 0 Å². The third kappa shape index (κ3) is 4.70. The van der Waals surface area contributed by atoms with Gasteiger partial charge in [-0.05, 0) is 55.0 Å². The molecule has 184 valence electrons. The molecule has 8 nitrogen and oxygen atoms in total. The number of ether oxygens (including phenoxy) is 1. The van der Waals surface area contributed by atoms with Crippen LogP contribution >= 0.6 is 0 Å². The maximum Gasteiger partial charge on any atom is 0.236 e. The maximum atomic E-state index is 12.6. The van der Waals surface area contributed by atoms with Crippen molar-refractivity contribution in [2.45, 2.75) is 58.0 Å². The normalized spacial score (nSPS) is 22.3. The summed E-state index contributed by atoms with van der Waals surface area (Å²) in [5, 5.41) is 8.67. The minimum absolute atomic E-state index is 0.00663. The Balaban J connectivity index is 1.27. The molecule has 1 atom stereocenters. The molecule has 1 amide bonds. The van der Waals surface area contributed by atoms with E-state index in [4.69, 9.17) is 9.15 Å². The van der Waals surface area contributed by atoms with Crippen molar-refractivity contribution in [1.82, 2.24) is 24.9 Å². The lowest BCUT2D eigenvalue weighted by atomic mass is 9.76. The van der Waals surface area contributed by atoms with Crippen molar-refractivity contribution >= 4 is 5.91 Å². The zero-order valence-corrected chi connectivity index (χ0v) is 20.9. The zero-order valence-electron chi connectivity index (χ0n) is 20.9. The number of carbonyl (C=O) groups excluding carboxylic acids is 1. The number of carbonyl (C=O) groups is 1. The number of benzene rings is 1. The Hall–Kier alpha value is -2.45. The molecule has 3 aliphatic rings. The Labute approximate surface area is 202 Å². The summed E-state index contributed by atoms with van der Waals surface area (Å²) >= 11 is 0. The van der Waals surface area contributed by atoms with Crippen LogP contribution in [0.2, 0.25) is 0 Å². The summed E-state index contributed by atoms with van der Waals surface area (Å²) in [4.78, 5) is 19.1. The summed E-state index contributed by atoms with van der Waals surface area (Å²) in [6.07, 6.45) is 4.23. The summed E-state index contributed by atoms with van der Waals surface area (Å²) < 4.78 is 11.7. The number of likely N-dealkylation sites (N-methyl/N-ethyl adjacent to an activating group) is 1. The van der Waals surface area contributed by atoms with Gasteiger partial charge in [-0.3, -0.25) is 14.6 Å². The predicted molar refractivity (Wildman–Crippen MR) is 129 cm³/mol. The van der Waals surface area contributed by atoms with Crippen molar-refractivity contribution in [3.63, 3.8) is 0 Å².